The molecule has 0 unspecified atom stereocenters. The first-order valence-corrected chi connectivity index (χ1v) is 9.07. The zero-order valence-electron chi connectivity index (χ0n) is 13.5. The summed E-state index contributed by atoms with van der Waals surface area (Å²) in [5.41, 5.74) is 0.494. The summed E-state index contributed by atoms with van der Waals surface area (Å²) in [4.78, 5) is 27.7. The zero-order valence-corrected chi connectivity index (χ0v) is 14.3. The van der Waals surface area contributed by atoms with Crippen molar-refractivity contribution < 1.29 is 18.0 Å². The monoisotopic (exact) mass is 352 g/mol. The minimum atomic E-state index is -3.58. The number of likely N-dealkylation sites (N-methyl/N-ethyl adjacent to an activating group) is 1. The minimum Gasteiger partial charge on any atom is -0.355 e. The van der Waals surface area contributed by atoms with Gasteiger partial charge in [0.05, 0.1) is 11.4 Å². The first-order chi connectivity index (χ1) is 11.3. The maximum atomic E-state index is 11.9. The number of hydrogen-bond acceptors (Lipinski definition) is 5. The highest BCUT2D eigenvalue weighted by Crippen LogP contribution is 2.22. The molecular weight excluding hydrogens is 332 g/mol. The van der Waals surface area contributed by atoms with Gasteiger partial charge in [0.25, 0.3) is 10.0 Å². The van der Waals surface area contributed by atoms with Crippen LogP contribution >= 0.6 is 0 Å². The number of hydrogen-bond donors (Lipinski definition) is 3. The topological polar surface area (TPSA) is 117 Å². The van der Waals surface area contributed by atoms with E-state index in [-0.39, 0.29) is 35.5 Å². The molecule has 0 bridgehead atoms. The molecule has 0 saturated heterocycles. The van der Waals surface area contributed by atoms with Crippen molar-refractivity contribution in [1.29, 1.82) is 0 Å². The van der Waals surface area contributed by atoms with Crippen molar-refractivity contribution in [3.8, 4) is 0 Å². The number of amidine groups is 1. The summed E-state index contributed by atoms with van der Waals surface area (Å²) in [6.07, 6.45) is 0.0527. The lowest BCUT2D eigenvalue weighted by Gasteiger charge is -2.12. The van der Waals surface area contributed by atoms with Crippen molar-refractivity contribution in [2.75, 3.05) is 13.1 Å². The Labute approximate surface area is 140 Å². The fourth-order valence-corrected chi connectivity index (χ4v) is 3.48. The van der Waals surface area contributed by atoms with Crippen LogP contribution in [0.25, 0.3) is 0 Å². The first kappa shape index (κ1) is 17.9. The predicted molar refractivity (Wildman–Crippen MR) is 89.1 cm³/mol. The molecule has 2 rings (SSSR count). The fraction of sp³-hybridized carbons (Fsp3) is 0.400. The lowest BCUT2D eigenvalue weighted by atomic mass is 10.2. The van der Waals surface area contributed by atoms with Crippen molar-refractivity contribution in [2.45, 2.75) is 31.2 Å². The SMILES string of the molecule is CCNC(=O)[C@@H](C)NC(=O)CCN=C1NS(=O)(=O)c2ccccc21. The number of rotatable bonds is 6. The van der Waals surface area contributed by atoms with Gasteiger partial charge in [0, 0.05) is 18.5 Å². The van der Waals surface area contributed by atoms with E-state index in [2.05, 4.69) is 20.3 Å². The van der Waals surface area contributed by atoms with E-state index < -0.39 is 16.1 Å². The van der Waals surface area contributed by atoms with Gasteiger partial charge in [-0.05, 0) is 26.0 Å². The summed E-state index contributed by atoms with van der Waals surface area (Å²) >= 11 is 0. The molecule has 24 heavy (non-hydrogen) atoms. The molecule has 8 nitrogen and oxygen atoms in total. The van der Waals surface area contributed by atoms with Crippen LogP contribution in [-0.4, -0.2) is 45.2 Å². The smallest absolute Gasteiger partial charge is 0.263 e. The molecular formula is C15H20N4O4S. The molecule has 1 heterocycles. The molecule has 0 aromatic heterocycles. The van der Waals surface area contributed by atoms with Crippen molar-refractivity contribution >= 4 is 27.7 Å². The molecule has 0 saturated carbocycles. The summed E-state index contributed by atoms with van der Waals surface area (Å²) in [6, 6.07) is 5.88. The number of sulfonamides is 1. The molecule has 0 aliphatic carbocycles. The highest BCUT2D eigenvalue weighted by atomic mass is 32.2. The van der Waals surface area contributed by atoms with Gasteiger partial charge in [0.1, 0.15) is 11.9 Å². The molecule has 1 aliphatic heterocycles. The van der Waals surface area contributed by atoms with Crippen LogP contribution in [0, 0.1) is 0 Å². The van der Waals surface area contributed by atoms with Crippen molar-refractivity contribution in [3.05, 3.63) is 29.8 Å². The summed E-state index contributed by atoms with van der Waals surface area (Å²) in [6.45, 7) is 3.99. The minimum absolute atomic E-state index is 0.0527. The van der Waals surface area contributed by atoms with Crippen LogP contribution in [0.1, 0.15) is 25.8 Å². The van der Waals surface area contributed by atoms with Crippen molar-refractivity contribution in [1.82, 2.24) is 15.4 Å². The normalized spacial score (nSPS) is 17.7. The van der Waals surface area contributed by atoms with Crippen LogP contribution in [0.2, 0.25) is 0 Å². The maximum Gasteiger partial charge on any atom is 0.263 e. The Bertz CT molecular complexity index is 773. The molecule has 1 aromatic carbocycles. The standard InChI is InChI=1S/C15H20N4O4S/c1-3-16-15(21)10(2)18-13(20)8-9-17-14-11-6-4-5-7-12(11)24(22,23)19-14/h4-7,10H,3,8-9H2,1-2H3,(H,16,21)(H,17,19)(H,18,20)/t10-/m1/s1. The van der Waals surface area contributed by atoms with Crippen LogP contribution in [0.5, 0.6) is 0 Å². The van der Waals surface area contributed by atoms with Gasteiger partial charge in [0.15, 0.2) is 0 Å². The van der Waals surface area contributed by atoms with Gasteiger partial charge < -0.3 is 10.6 Å². The molecule has 1 atom stereocenters. The molecule has 1 aromatic rings. The summed E-state index contributed by atoms with van der Waals surface area (Å²) in [5, 5.41) is 5.18. The number of amides is 2. The second kappa shape index (κ2) is 7.43. The van der Waals surface area contributed by atoms with E-state index in [0.29, 0.717) is 12.1 Å². The van der Waals surface area contributed by atoms with E-state index in [4.69, 9.17) is 0 Å². The van der Waals surface area contributed by atoms with E-state index >= 15 is 0 Å². The van der Waals surface area contributed by atoms with Crippen molar-refractivity contribution in [2.24, 2.45) is 4.99 Å². The highest BCUT2D eigenvalue weighted by Gasteiger charge is 2.29. The molecule has 1 aliphatic rings. The molecule has 130 valence electrons. The Morgan fingerprint density at radius 3 is 2.71 bits per heavy atom. The number of carbonyl (C=O) groups excluding carboxylic acids is 2. The lowest BCUT2D eigenvalue weighted by molar-refractivity contribution is -0.128. The van der Waals surface area contributed by atoms with Crippen LogP contribution in [0.4, 0.5) is 0 Å². The van der Waals surface area contributed by atoms with Gasteiger partial charge in [-0.25, -0.2) is 8.42 Å². The van der Waals surface area contributed by atoms with E-state index in [1.165, 1.54) is 6.07 Å². The van der Waals surface area contributed by atoms with E-state index in [9.17, 15) is 18.0 Å². The quantitative estimate of drug-likeness (QED) is 0.655. The van der Waals surface area contributed by atoms with Gasteiger partial charge in [0.2, 0.25) is 11.8 Å². The third kappa shape index (κ3) is 4.10. The largest absolute Gasteiger partial charge is 0.355 e. The molecule has 0 radical (unpaired) electrons. The highest BCUT2D eigenvalue weighted by molar-refractivity contribution is 7.90. The van der Waals surface area contributed by atoms with E-state index in [1.54, 1.807) is 32.0 Å². The maximum absolute atomic E-state index is 11.9. The van der Waals surface area contributed by atoms with Crippen molar-refractivity contribution in [3.63, 3.8) is 0 Å². The van der Waals surface area contributed by atoms with Crippen LogP contribution < -0.4 is 15.4 Å². The third-order valence-electron chi connectivity index (χ3n) is 3.39. The number of fused-ring (bicyclic) bond motifs is 1. The van der Waals surface area contributed by atoms with Crippen LogP contribution in [0.15, 0.2) is 34.2 Å². The Morgan fingerprint density at radius 2 is 2.00 bits per heavy atom. The lowest BCUT2D eigenvalue weighted by Crippen LogP contribution is -2.44. The van der Waals surface area contributed by atoms with Gasteiger partial charge >= 0.3 is 0 Å². The Balaban J connectivity index is 1.94. The number of carbonyl (C=O) groups is 2. The fourth-order valence-electron chi connectivity index (χ4n) is 2.23. The molecule has 9 heteroatoms. The van der Waals surface area contributed by atoms with E-state index in [0.717, 1.165) is 0 Å². The Kier molecular flexibility index (Phi) is 5.55. The van der Waals surface area contributed by atoms with E-state index in [1.807, 2.05) is 0 Å². The third-order valence-corrected chi connectivity index (χ3v) is 4.79. The number of aliphatic imine (C=N–C) groups is 1. The summed E-state index contributed by atoms with van der Waals surface area (Å²) < 4.78 is 26.2. The Hall–Kier alpha value is -2.42. The zero-order chi connectivity index (χ0) is 17.7. The molecule has 3 N–H and O–H groups in total. The molecule has 0 fully saturated rings. The summed E-state index contributed by atoms with van der Waals surface area (Å²) in [7, 11) is -3.58. The number of benzene rings is 1. The van der Waals surface area contributed by atoms with Crippen LogP contribution in [-0.2, 0) is 19.6 Å². The Morgan fingerprint density at radius 1 is 1.29 bits per heavy atom. The second-order valence-electron chi connectivity index (χ2n) is 5.27. The average molecular weight is 352 g/mol. The van der Waals surface area contributed by atoms with Gasteiger partial charge in [-0.15, -0.1) is 0 Å². The van der Waals surface area contributed by atoms with Crippen LogP contribution in [0.3, 0.4) is 0 Å². The summed E-state index contributed by atoms with van der Waals surface area (Å²) in [5.74, 6) is -0.350. The van der Waals surface area contributed by atoms with Gasteiger partial charge in [-0.1, -0.05) is 12.1 Å². The number of nitrogens with zero attached hydrogens (tertiary/aromatic N) is 1. The average Bonchev–Trinajstić information content (AvgIpc) is 2.79. The van der Waals surface area contributed by atoms with Gasteiger partial charge in [-0.3, -0.25) is 19.3 Å². The number of nitrogens with one attached hydrogen (secondary N) is 3. The predicted octanol–water partition coefficient (Wildman–Crippen LogP) is -0.244. The first-order valence-electron chi connectivity index (χ1n) is 7.59. The second-order valence-corrected chi connectivity index (χ2v) is 6.92. The van der Waals surface area contributed by atoms with Gasteiger partial charge in [-0.2, -0.15) is 0 Å². The molecule has 0 spiro atoms. The molecule has 2 amide bonds.